The zero-order chi connectivity index (χ0) is 13.3. The maximum absolute atomic E-state index is 12.0. The lowest BCUT2D eigenvalue weighted by Crippen LogP contribution is -2.31. The standard InChI is InChI=1S/C13H14BrNO2S/c1-8-6-9(14)7-10-11(8)15(4-3-5-18-2)13(17)12(10)16/h6-7H,3-5H2,1-2H3. The summed E-state index contributed by atoms with van der Waals surface area (Å²) in [6.07, 6.45) is 2.93. The van der Waals surface area contributed by atoms with Crippen molar-refractivity contribution < 1.29 is 9.59 Å². The number of anilines is 1. The number of benzene rings is 1. The Bertz CT molecular complexity index is 516. The summed E-state index contributed by atoms with van der Waals surface area (Å²) in [5.74, 6) is 0.203. The summed E-state index contributed by atoms with van der Waals surface area (Å²) in [4.78, 5) is 25.5. The third-order valence-electron chi connectivity index (χ3n) is 2.95. The summed E-state index contributed by atoms with van der Waals surface area (Å²) in [6.45, 7) is 2.54. The van der Waals surface area contributed by atoms with E-state index >= 15 is 0 Å². The Labute approximate surface area is 119 Å². The van der Waals surface area contributed by atoms with Crippen LogP contribution >= 0.6 is 27.7 Å². The van der Waals surface area contributed by atoms with Gasteiger partial charge in [0, 0.05) is 11.0 Å². The number of halogens is 1. The highest BCUT2D eigenvalue weighted by molar-refractivity contribution is 9.10. The van der Waals surface area contributed by atoms with E-state index in [1.165, 1.54) is 0 Å². The van der Waals surface area contributed by atoms with Gasteiger partial charge in [0.05, 0.1) is 11.3 Å². The predicted molar refractivity (Wildman–Crippen MR) is 78.6 cm³/mol. The van der Waals surface area contributed by atoms with E-state index < -0.39 is 11.7 Å². The lowest BCUT2D eigenvalue weighted by molar-refractivity contribution is -0.114. The number of hydrogen-bond donors (Lipinski definition) is 0. The Morgan fingerprint density at radius 2 is 2.06 bits per heavy atom. The molecule has 0 unspecified atom stereocenters. The lowest BCUT2D eigenvalue weighted by Gasteiger charge is -2.18. The molecule has 0 atom stereocenters. The number of carbonyl (C=O) groups excluding carboxylic acids is 2. The van der Waals surface area contributed by atoms with Crippen molar-refractivity contribution in [3.63, 3.8) is 0 Å². The Morgan fingerprint density at radius 1 is 1.33 bits per heavy atom. The molecule has 1 aromatic carbocycles. The minimum absolute atomic E-state index is 0.390. The molecule has 0 saturated heterocycles. The van der Waals surface area contributed by atoms with Gasteiger partial charge in [-0.05, 0) is 43.0 Å². The molecule has 0 radical (unpaired) electrons. The third kappa shape index (κ3) is 2.34. The molecule has 0 bridgehead atoms. The summed E-state index contributed by atoms with van der Waals surface area (Å²) in [6, 6.07) is 3.67. The molecule has 0 N–H and O–H groups in total. The van der Waals surface area contributed by atoms with Gasteiger partial charge in [-0.3, -0.25) is 9.59 Å². The molecule has 0 spiro atoms. The van der Waals surface area contributed by atoms with Crippen molar-refractivity contribution in [1.29, 1.82) is 0 Å². The van der Waals surface area contributed by atoms with Crippen LogP contribution in [0.15, 0.2) is 16.6 Å². The smallest absolute Gasteiger partial charge is 0.299 e. The van der Waals surface area contributed by atoms with Crippen LogP contribution in [0.25, 0.3) is 0 Å². The normalized spacial score (nSPS) is 14.3. The van der Waals surface area contributed by atoms with E-state index in [9.17, 15) is 9.59 Å². The van der Waals surface area contributed by atoms with Gasteiger partial charge >= 0.3 is 0 Å². The number of thioether (sulfide) groups is 1. The topological polar surface area (TPSA) is 37.4 Å². The van der Waals surface area contributed by atoms with Crippen molar-refractivity contribution >= 4 is 45.1 Å². The molecule has 1 heterocycles. The monoisotopic (exact) mass is 327 g/mol. The van der Waals surface area contributed by atoms with Crippen molar-refractivity contribution in [1.82, 2.24) is 0 Å². The molecule has 0 fully saturated rings. The van der Waals surface area contributed by atoms with Gasteiger partial charge in [0.25, 0.3) is 11.7 Å². The number of hydrogen-bond acceptors (Lipinski definition) is 3. The predicted octanol–water partition coefficient (Wildman–Crippen LogP) is 3.04. The quantitative estimate of drug-likeness (QED) is 0.630. The van der Waals surface area contributed by atoms with E-state index in [1.807, 2.05) is 19.2 Å². The van der Waals surface area contributed by atoms with Crippen LogP contribution in [0.4, 0.5) is 5.69 Å². The molecule has 1 amide bonds. The zero-order valence-corrected chi connectivity index (χ0v) is 12.7. The molecule has 96 valence electrons. The molecule has 2 rings (SSSR count). The van der Waals surface area contributed by atoms with E-state index in [0.29, 0.717) is 12.1 Å². The van der Waals surface area contributed by atoms with Crippen molar-refractivity contribution in [3.05, 3.63) is 27.7 Å². The second kappa shape index (κ2) is 5.45. The number of Topliss-reactive ketones (excluding diaryl/α,β-unsaturated/α-hetero) is 1. The lowest BCUT2D eigenvalue weighted by atomic mass is 10.1. The van der Waals surface area contributed by atoms with E-state index in [4.69, 9.17) is 0 Å². The second-order valence-electron chi connectivity index (χ2n) is 4.25. The zero-order valence-electron chi connectivity index (χ0n) is 10.3. The highest BCUT2D eigenvalue weighted by atomic mass is 79.9. The first-order valence-electron chi connectivity index (χ1n) is 5.71. The van der Waals surface area contributed by atoms with E-state index in [-0.39, 0.29) is 0 Å². The maximum atomic E-state index is 12.0. The summed E-state index contributed by atoms with van der Waals surface area (Å²) in [7, 11) is 0. The van der Waals surface area contributed by atoms with Gasteiger partial charge in [0.1, 0.15) is 0 Å². The van der Waals surface area contributed by atoms with E-state index in [0.717, 1.165) is 27.9 Å². The van der Waals surface area contributed by atoms with Gasteiger partial charge in [-0.2, -0.15) is 11.8 Å². The fourth-order valence-corrected chi connectivity index (χ4v) is 3.18. The summed E-state index contributed by atoms with van der Waals surface area (Å²) in [5.41, 5.74) is 2.27. The van der Waals surface area contributed by atoms with Gasteiger partial charge in [0.2, 0.25) is 0 Å². The van der Waals surface area contributed by atoms with E-state index in [1.54, 1.807) is 22.7 Å². The van der Waals surface area contributed by atoms with E-state index in [2.05, 4.69) is 15.9 Å². The maximum Gasteiger partial charge on any atom is 0.299 e. The average Bonchev–Trinajstić information content (AvgIpc) is 2.55. The molecule has 3 nitrogen and oxygen atoms in total. The molecule has 1 aliphatic rings. The molecule has 0 aliphatic carbocycles. The molecule has 18 heavy (non-hydrogen) atoms. The highest BCUT2D eigenvalue weighted by Gasteiger charge is 2.36. The molecule has 5 heteroatoms. The molecular weight excluding hydrogens is 314 g/mol. The van der Waals surface area contributed by atoms with Crippen LogP contribution in [0, 0.1) is 6.92 Å². The Kier molecular flexibility index (Phi) is 4.12. The molecular formula is C13H14BrNO2S. The van der Waals surface area contributed by atoms with Gasteiger partial charge in [-0.15, -0.1) is 0 Å². The minimum atomic E-state index is -0.396. The van der Waals surface area contributed by atoms with Crippen LogP contribution in [0.3, 0.4) is 0 Å². The van der Waals surface area contributed by atoms with Gasteiger partial charge in [0.15, 0.2) is 0 Å². The first kappa shape index (κ1) is 13.6. The number of nitrogens with zero attached hydrogens (tertiary/aromatic N) is 1. The Morgan fingerprint density at radius 3 is 2.72 bits per heavy atom. The highest BCUT2D eigenvalue weighted by Crippen LogP contribution is 2.35. The van der Waals surface area contributed by atoms with Crippen molar-refractivity contribution in [2.24, 2.45) is 0 Å². The van der Waals surface area contributed by atoms with Crippen LogP contribution < -0.4 is 4.90 Å². The number of carbonyl (C=O) groups is 2. The second-order valence-corrected chi connectivity index (χ2v) is 6.15. The van der Waals surface area contributed by atoms with Crippen LogP contribution in [0.2, 0.25) is 0 Å². The molecule has 0 aromatic heterocycles. The average molecular weight is 328 g/mol. The SMILES string of the molecule is CSCCCN1C(=O)C(=O)c2cc(Br)cc(C)c21. The van der Waals surface area contributed by atoms with Gasteiger partial charge < -0.3 is 4.90 Å². The van der Waals surface area contributed by atoms with Crippen molar-refractivity contribution in [2.75, 3.05) is 23.5 Å². The Balaban J connectivity index is 2.36. The fraction of sp³-hybridized carbons (Fsp3) is 0.385. The van der Waals surface area contributed by atoms with Gasteiger partial charge in [-0.25, -0.2) is 0 Å². The minimum Gasteiger partial charge on any atom is -0.304 e. The number of fused-ring (bicyclic) bond motifs is 1. The Hall–Kier alpha value is -0.810. The van der Waals surface area contributed by atoms with Crippen LogP contribution in [-0.2, 0) is 4.79 Å². The van der Waals surface area contributed by atoms with Crippen molar-refractivity contribution in [2.45, 2.75) is 13.3 Å². The summed E-state index contributed by atoms with van der Waals surface area (Å²) in [5, 5.41) is 0. The summed E-state index contributed by atoms with van der Waals surface area (Å²) < 4.78 is 0.839. The number of aryl methyl sites for hydroxylation is 1. The van der Waals surface area contributed by atoms with Crippen LogP contribution in [0.1, 0.15) is 22.3 Å². The molecule has 1 aromatic rings. The largest absolute Gasteiger partial charge is 0.304 e. The first-order chi connectivity index (χ1) is 8.56. The van der Waals surface area contributed by atoms with Crippen molar-refractivity contribution in [3.8, 4) is 0 Å². The number of amides is 1. The third-order valence-corrected chi connectivity index (χ3v) is 4.10. The number of rotatable bonds is 4. The first-order valence-corrected chi connectivity index (χ1v) is 7.90. The van der Waals surface area contributed by atoms with Gasteiger partial charge in [-0.1, -0.05) is 15.9 Å². The molecule has 0 saturated carbocycles. The van der Waals surface area contributed by atoms with Crippen LogP contribution in [0.5, 0.6) is 0 Å². The molecule has 1 aliphatic heterocycles. The summed E-state index contributed by atoms with van der Waals surface area (Å²) >= 11 is 5.11. The fourth-order valence-electron chi connectivity index (χ4n) is 2.19. The van der Waals surface area contributed by atoms with Crippen LogP contribution in [-0.4, -0.2) is 30.2 Å². The number of ketones is 1.